The highest BCUT2D eigenvalue weighted by molar-refractivity contribution is 6.10. The van der Waals surface area contributed by atoms with Crippen LogP contribution in [0, 0.1) is 5.92 Å². The van der Waals surface area contributed by atoms with Crippen molar-refractivity contribution in [2.45, 2.75) is 32.4 Å². The third-order valence-electron chi connectivity index (χ3n) is 5.54. The molecule has 26 heavy (non-hydrogen) atoms. The highest BCUT2D eigenvalue weighted by atomic mass is 16.5. The van der Waals surface area contributed by atoms with Crippen LogP contribution in [0.2, 0.25) is 0 Å². The standard InChI is InChI=1S/C19H24N4O3/c1-3-15(19(25)22-7-5-12(9-22)11-26-2)23-10-13-4-6-20-17-16(13)14(8-21-17)18(23)24/h4,6,8,12,15H,3,5,7,9-11H2,1-2H3,(H,20,21)/t12?,15-/m1/s1. The van der Waals surface area contributed by atoms with Gasteiger partial charge in [0.2, 0.25) is 5.91 Å². The number of aromatic amines is 1. The molecule has 0 aliphatic carbocycles. The average molecular weight is 356 g/mol. The number of nitrogens with zero attached hydrogens (tertiary/aromatic N) is 3. The summed E-state index contributed by atoms with van der Waals surface area (Å²) in [6.45, 7) is 4.53. The lowest BCUT2D eigenvalue weighted by Crippen LogP contribution is -2.50. The molecule has 7 heteroatoms. The monoisotopic (exact) mass is 356 g/mol. The van der Waals surface area contributed by atoms with E-state index in [1.165, 1.54) is 0 Å². The summed E-state index contributed by atoms with van der Waals surface area (Å²) >= 11 is 0. The number of pyridine rings is 1. The first-order chi connectivity index (χ1) is 12.6. The summed E-state index contributed by atoms with van der Waals surface area (Å²) in [5.74, 6) is 0.336. The minimum atomic E-state index is -0.435. The van der Waals surface area contributed by atoms with E-state index < -0.39 is 6.04 Å². The van der Waals surface area contributed by atoms with Gasteiger partial charge in [-0.05, 0) is 24.5 Å². The van der Waals surface area contributed by atoms with Crippen molar-refractivity contribution in [2.75, 3.05) is 26.8 Å². The first kappa shape index (κ1) is 17.0. The van der Waals surface area contributed by atoms with Crippen molar-refractivity contribution in [1.82, 2.24) is 19.8 Å². The van der Waals surface area contributed by atoms with Gasteiger partial charge in [-0.25, -0.2) is 4.98 Å². The predicted molar refractivity (Wildman–Crippen MR) is 96.6 cm³/mol. The molecule has 0 radical (unpaired) electrons. The average Bonchev–Trinajstić information content (AvgIpc) is 3.28. The molecule has 2 aliphatic heterocycles. The van der Waals surface area contributed by atoms with Crippen LogP contribution in [-0.4, -0.2) is 64.4 Å². The number of H-pyrrole nitrogens is 1. The van der Waals surface area contributed by atoms with Crippen LogP contribution in [0.25, 0.3) is 11.0 Å². The molecule has 0 spiro atoms. The SMILES string of the molecule is CC[C@H](C(=O)N1CCC(COC)C1)N1Cc2ccnc3[nH]cc(c23)C1=O. The molecular weight excluding hydrogens is 332 g/mol. The van der Waals surface area contributed by atoms with Crippen molar-refractivity contribution in [3.8, 4) is 0 Å². The molecule has 1 fully saturated rings. The van der Waals surface area contributed by atoms with Crippen LogP contribution in [-0.2, 0) is 16.1 Å². The minimum Gasteiger partial charge on any atom is -0.384 e. The van der Waals surface area contributed by atoms with E-state index in [0.717, 1.165) is 29.6 Å². The third-order valence-corrected chi connectivity index (χ3v) is 5.54. The van der Waals surface area contributed by atoms with Gasteiger partial charge in [0, 0.05) is 50.4 Å². The maximum absolute atomic E-state index is 13.1. The molecule has 2 aliphatic rings. The first-order valence-corrected chi connectivity index (χ1v) is 9.17. The summed E-state index contributed by atoms with van der Waals surface area (Å²) in [5, 5.41) is 0.886. The number of ether oxygens (including phenoxy) is 1. The van der Waals surface area contributed by atoms with E-state index in [1.54, 1.807) is 24.4 Å². The molecule has 4 heterocycles. The number of carbonyl (C=O) groups excluding carboxylic acids is 2. The number of methoxy groups -OCH3 is 1. The van der Waals surface area contributed by atoms with Crippen molar-refractivity contribution in [2.24, 2.45) is 5.92 Å². The van der Waals surface area contributed by atoms with Gasteiger partial charge in [-0.3, -0.25) is 9.59 Å². The molecule has 1 saturated heterocycles. The second-order valence-electron chi connectivity index (χ2n) is 7.15. The van der Waals surface area contributed by atoms with Gasteiger partial charge in [-0.2, -0.15) is 0 Å². The molecule has 2 aromatic rings. The molecule has 2 amide bonds. The number of amides is 2. The zero-order chi connectivity index (χ0) is 18.3. The second-order valence-corrected chi connectivity index (χ2v) is 7.15. The molecule has 0 bridgehead atoms. The maximum atomic E-state index is 13.1. The Morgan fingerprint density at radius 3 is 3.12 bits per heavy atom. The number of aromatic nitrogens is 2. The number of carbonyl (C=O) groups is 2. The summed E-state index contributed by atoms with van der Waals surface area (Å²) in [4.78, 5) is 37.1. The molecule has 1 N–H and O–H groups in total. The number of hydrogen-bond acceptors (Lipinski definition) is 4. The molecule has 7 nitrogen and oxygen atoms in total. The van der Waals surface area contributed by atoms with E-state index in [0.29, 0.717) is 37.6 Å². The zero-order valence-corrected chi connectivity index (χ0v) is 15.2. The molecule has 1 unspecified atom stereocenters. The lowest BCUT2D eigenvalue weighted by molar-refractivity contribution is -0.135. The Morgan fingerprint density at radius 2 is 2.35 bits per heavy atom. The van der Waals surface area contributed by atoms with Gasteiger partial charge in [-0.1, -0.05) is 6.92 Å². The number of likely N-dealkylation sites (tertiary alicyclic amines) is 1. The van der Waals surface area contributed by atoms with Crippen molar-refractivity contribution in [1.29, 1.82) is 0 Å². The second kappa shape index (κ2) is 6.72. The van der Waals surface area contributed by atoms with Crippen LogP contribution in [0.1, 0.15) is 35.7 Å². The quantitative estimate of drug-likeness (QED) is 0.886. The fourth-order valence-corrected chi connectivity index (χ4v) is 4.23. The Bertz CT molecular complexity index is 846. The highest BCUT2D eigenvalue weighted by Gasteiger charge is 2.38. The molecule has 138 valence electrons. The van der Waals surface area contributed by atoms with Crippen LogP contribution in [0.15, 0.2) is 18.5 Å². The topological polar surface area (TPSA) is 78.5 Å². The minimum absolute atomic E-state index is 0.0451. The van der Waals surface area contributed by atoms with E-state index in [1.807, 2.05) is 17.9 Å². The predicted octanol–water partition coefficient (Wildman–Crippen LogP) is 1.79. The van der Waals surface area contributed by atoms with E-state index in [-0.39, 0.29) is 11.8 Å². The Balaban J connectivity index is 1.58. The summed E-state index contributed by atoms with van der Waals surface area (Å²) < 4.78 is 5.22. The largest absolute Gasteiger partial charge is 0.384 e. The molecule has 0 saturated carbocycles. The normalized spacial score (nSPS) is 20.8. The lowest BCUT2D eigenvalue weighted by Gasteiger charge is -2.35. The summed E-state index contributed by atoms with van der Waals surface area (Å²) in [6.07, 6.45) is 5.00. The van der Waals surface area contributed by atoms with Gasteiger partial charge >= 0.3 is 0 Å². The van der Waals surface area contributed by atoms with E-state index in [4.69, 9.17) is 4.74 Å². The number of nitrogens with one attached hydrogen (secondary N) is 1. The Labute approximate surface area is 152 Å². The lowest BCUT2D eigenvalue weighted by atomic mass is 10.00. The van der Waals surface area contributed by atoms with Crippen LogP contribution >= 0.6 is 0 Å². The van der Waals surface area contributed by atoms with E-state index in [2.05, 4.69) is 9.97 Å². The van der Waals surface area contributed by atoms with Gasteiger partial charge in [-0.15, -0.1) is 0 Å². The third kappa shape index (κ3) is 2.67. The van der Waals surface area contributed by atoms with Gasteiger partial charge < -0.3 is 19.5 Å². The Morgan fingerprint density at radius 1 is 1.50 bits per heavy atom. The zero-order valence-electron chi connectivity index (χ0n) is 15.2. The Hall–Kier alpha value is -2.41. The van der Waals surface area contributed by atoms with Crippen molar-refractivity contribution in [3.63, 3.8) is 0 Å². The first-order valence-electron chi connectivity index (χ1n) is 9.17. The van der Waals surface area contributed by atoms with Crippen molar-refractivity contribution < 1.29 is 14.3 Å². The molecule has 4 rings (SSSR count). The van der Waals surface area contributed by atoms with Crippen LogP contribution in [0.3, 0.4) is 0 Å². The molecule has 0 aromatic carbocycles. The summed E-state index contributed by atoms with van der Waals surface area (Å²) in [6, 6.07) is 1.50. The van der Waals surface area contributed by atoms with Crippen LogP contribution < -0.4 is 0 Å². The smallest absolute Gasteiger partial charge is 0.257 e. The van der Waals surface area contributed by atoms with Crippen molar-refractivity contribution >= 4 is 22.8 Å². The number of rotatable bonds is 5. The number of hydrogen-bond donors (Lipinski definition) is 1. The van der Waals surface area contributed by atoms with E-state index >= 15 is 0 Å². The molecule has 2 aromatic heterocycles. The van der Waals surface area contributed by atoms with E-state index in [9.17, 15) is 9.59 Å². The fraction of sp³-hybridized carbons (Fsp3) is 0.526. The highest BCUT2D eigenvalue weighted by Crippen LogP contribution is 2.31. The molecule has 2 atom stereocenters. The van der Waals surface area contributed by atoms with Crippen molar-refractivity contribution in [3.05, 3.63) is 29.6 Å². The van der Waals surface area contributed by atoms with Crippen LogP contribution in [0.5, 0.6) is 0 Å². The van der Waals surface area contributed by atoms with Gasteiger partial charge in [0.15, 0.2) is 0 Å². The van der Waals surface area contributed by atoms with Gasteiger partial charge in [0.1, 0.15) is 11.7 Å². The molecular formula is C19H24N4O3. The summed E-state index contributed by atoms with van der Waals surface area (Å²) in [5.41, 5.74) is 2.38. The van der Waals surface area contributed by atoms with Gasteiger partial charge in [0.05, 0.1) is 12.2 Å². The van der Waals surface area contributed by atoms with Gasteiger partial charge in [0.25, 0.3) is 5.91 Å². The van der Waals surface area contributed by atoms with Crippen LogP contribution in [0.4, 0.5) is 0 Å². The summed E-state index contributed by atoms with van der Waals surface area (Å²) in [7, 11) is 1.69. The Kier molecular flexibility index (Phi) is 4.40. The maximum Gasteiger partial charge on any atom is 0.257 e. The fourth-order valence-electron chi connectivity index (χ4n) is 4.23.